The third-order valence-corrected chi connectivity index (χ3v) is 17.5. The Bertz CT molecular complexity index is 1610. The molecular formula is C44H68NO12S-. The van der Waals surface area contributed by atoms with Crippen molar-refractivity contribution in [3.05, 3.63) is 29.8 Å². The summed E-state index contributed by atoms with van der Waals surface area (Å²) in [6.45, 7) is 13.0. The number of sulfone groups is 1. The first-order chi connectivity index (χ1) is 27.3. The van der Waals surface area contributed by atoms with Crippen LogP contribution in [0.25, 0.3) is 0 Å². The molecule has 6 saturated heterocycles. The van der Waals surface area contributed by atoms with E-state index in [4.69, 9.17) is 33.8 Å². The maximum Gasteiger partial charge on any atom is 0.409 e. The van der Waals surface area contributed by atoms with Gasteiger partial charge in [0.05, 0.1) is 30.0 Å². The Balaban J connectivity index is 1.12. The largest absolute Gasteiger partial charge is 0.852 e. The SMILES string of the molecule is C[C@@H]([C@H]([O-])CC(C[C@@H](O)[C@H](C)[C@@H]1CC[C@@H](C)[C@@H]2CC[C@]3(C)OC[C@]12OO3)CS(=O)(=O)c1ccc(COC(=O)N(C)C)cc1)[C@@H]1CC[C@@H](C)[C@@H]2CC[C@]3(C)OC[C@]12OO3. The van der Waals surface area contributed by atoms with Crippen LogP contribution in [0.2, 0.25) is 0 Å². The molecule has 14 heteroatoms. The quantitative estimate of drug-likeness (QED) is 0.225. The van der Waals surface area contributed by atoms with Crippen LogP contribution < -0.4 is 5.11 Å². The van der Waals surface area contributed by atoms with Gasteiger partial charge in [0.25, 0.3) is 0 Å². The Morgan fingerprint density at radius 2 is 1.34 bits per heavy atom. The van der Waals surface area contributed by atoms with Gasteiger partial charge in [0, 0.05) is 26.9 Å². The number of carbonyl (C=O) groups is 1. The molecule has 1 amide bonds. The van der Waals surface area contributed by atoms with E-state index in [1.807, 2.05) is 27.7 Å². The molecule has 0 aromatic heterocycles. The second-order valence-corrected chi connectivity index (χ2v) is 21.8. The minimum absolute atomic E-state index is 0.00243. The number of hydrogen-bond donors (Lipinski definition) is 1. The summed E-state index contributed by atoms with van der Waals surface area (Å²) in [5.74, 6) is -2.29. The monoisotopic (exact) mass is 834 g/mol. The van der Waals surface area contributed by atoms with E-state index in [1.165, 1.54) is 17.0 Å². The highest BCUT2D eigenvalue weighted by molar-refractivity contribution is 7.91. The van der Waals surface area contributed by atoms with Gasteiger partial charge in [0.1, 0.15) is 17.8 Å². The van der Waals surface area contributed by atoms with E-state index in [0.29, 0.717) is 37.0 Å². The number of ether oxygens (including phenoxy) is 3. The predicted octanol–water partition coefficient (Wildman–Crippen LogP) is 6.20. The first kappa shape index (κ1) is 44.2. The summed E-state index contributed by atoms with van der Waals surface area (Å²) in [6.07, 6.45) is 4.41. The molecule has 1 N–H and O–H groups in total. The fourth-order valence-corrected chi connectivity index (χ4v) is 13.4. The molecule has 13 nitrogen and oxygen atoms in total. The van der Waals surface area contributed by atoms with Crippen molar-refractivity contribution in [3.63, 3.8) is 0 Å². The molecule has 58 heavy (non-hydrogen) atoms. The topological polar surface area (TPSA) is 162 Å². The highest BCUT2D eigenvalue weighted by atomic mass is 32.2. The van der Waals surface area contributed by atoms with Crippen LogP contribution in [-0.2, 0) is 50.2 Å². The van der Waals surface area contributed by atoms with E-state index >= 15 is 0 Å². The zero-order valence-corrected chi connectivity index (χ0v) is 36.7. The van der Waals surface area contributed by atoms with E-state index in [2.05, 4.69) is 13.8 Å². The molecule has 328 valence electrons. The van der Waals surface area contributed by atoms with Gasteiger partial charge >= 0.3 is 6.09 Å². The lowest BCUT2D eigenvalue weighted by Crippen LogP contribution is -2.62. The third-order valence-electron chi connectivity index (χ3n) is 15.6. The third kappa shape index (κ3) is 8.49. The van der Waals surface area contributed by atoms with E-state index < -0.39 is 56.8 Å². The zero-order valence-electron chi connectivity index (χ0n) is 35.9. The molecule has 6 heterocycles. The molecule has 4 bridgehead atoms. The van der Waals surface area contributed by atoms with Crippen molar-refractivity contribution in [1.82, 2.24) is 4.90 Å². The van der Waals surface area contributed by atoms with Gasteiger partial charge in [-0.2, -0.15) is 0 Å². The second-order valence-electron chi connectivity index (χ2n) is 19.7. The van der Waals surface area contributed by atoms with Crippen molar-refractivity contribution < 1.29 is 57.2 Å². The lowest BCUT2D eigenvalue weighted by molar-refractivity contribution is -0.521. The van der Waals surface area contributed by atoms with Gasteiger partial charge in [-0.15, -0.1) is 6.10 Å². The van der Waals surface area contributed by atoms with Crippen molar-refractivity contribution >= 4 is 15.9 Å². The highest BCUT2D eigenvalue weighted by Gasteiger charge is 2.62. The Hall–Kier alpha value is -1.88. The maximum absolute atomic E-state index is 14.7. The number of aliphatic hydroxyl groups excluding tert-OH is 1. The number of carbonyl (C=O) groups excluding carboxylic acids is 1. The standard InChI is InChI=1S/C44H68NO12S/c1-27-9-15-36(43-25-52-41(5,54-56-43)19-17-34(27)43)29(3)38(46)21-32(24-58(49,50)33-13-11-31(12-14-33)23-51-40(48)45(7)8)22-39(47)30(4)37-16-10-28(2)35-18-20-42(6)53-26-44(35,37)57-55-42/h11-14,27-30,32,34-39,46H,9-10,15-26H2,1-8H3/q-1/t27-,28-,29-,30-,32?,34+,35+,36+,37+,38-,39-,41-,42-,43-,44-/m1/s1. The van der Waals surface area contributed by atoms with Gasteiger partial charge in [0.15, 0.2) is 21.4 Å². The van der Waals surface area contributed by atoms with Crippen LogP contribution in [-0.4, -0.2) is 92.6 Å². The number of amides is 1. The molecule has 8 fully saturated rings. The van der Waals surface area contributed by atoms with E-state index in [-0.39, 0.29) is 65.6 Å². The molecule has 1 unspecified atom stereocenters. The van der Waals surface area contributed by atoms with Crippen LogP contribution in [0.1, 0.15) is 111 Å². The number of aliphatic hydroxyl groups is 1. The van der Waals surface area contributed by atoms with Gasteiger partial charge < -0.3 is 29.3 Å². The molecule has 9 rings (SSSR count). The Kier molecular flexibility index (Phi) is 12.8. The molecule has 2 saturated carbocycles. The Morgan fingerprint density at radius 3 is 1.83 bits per heavy atom. The minimum atomic E-state index is -3.91. The smallest absolute Gasteiger partial charge is 0.409 e. The van der Waals surface area contributed by atoms with Gasteiger partial charge in [-0.3, -0.25) is 0 Å². The summed E-state index contributed by atoms with van der Waals surface area (Å²) in [6, 6.07) is 6.32. The average Bonchev–Trinajstić information content (AvgIpc) is 3.59. The minimum Gasteiger partial charge on any atom is -0.852 e. The van der Waals surface area contributed by atoms with Crippen LogP contribution in [0.5, 0.6) is 0 Å². The summed E-state index contributed by atoms with van der Waals surface area (Å²) in [5, 5.41) is 26.9. The lowest BCUT2D eigenvalue weighted by Gasteiger charge is -2.55. The fourth-order valence-electron chi connectivity index (χ4n) is 11.8. The maximum atomic E-state index is 14.7. The summed E-state index contributed by atoms with van der Waals surface area (Å²) in [7, 11) is -0.724. The molecule has 1 aromatic rings. The molecule has 6 aliphatic heterocycles. The molecular weight excluding hydrogens is 767 g/mol. The molecule has 2 spiro atoms. The van der Waals surface area contributed by atoms with Crippen LogP contribution >= 0.6 is 0 Å². The number of fused-ring (bicyclic) bond motifs is 6. The Morgan fingerprint density at radius 1 is 0.828 bits per heavy atom. The second kappa shape index (κ2) is 16.8. The van der Waals surface area contributed by atoms with E-state index in [9.17, 15) is 23.4 Å². The Labute approximate surface area is 345 Å². The summed E-state index contributed by atoms with van der Waals surface area (Å²) in [5.41, 5.74) is -0.822. The van der Waals surface area contributed by atoms with Gasteiger partial charge in [0.2, 0.25) is 0 Å². The number of rotatable bonds is 13. The molecule has 2 aliphatic carbocycles. The number of nitrogens with zero attached hydrogens (tertiary/aromatic N) is 1. The predicted molar refractivity (Wildman–Crippen MR) is 211 cm³/mol. The first-order valence-corrected chi connectivity index (χ1v) is 23.5. The van der Waals surface area contributed by atoms with Crippen molar-refractivity contribution in [2.45, 2.75) is 152 Å². The van der Waals surface area contributed by atoms with Crippen molar-refractivity contribution in [2.24, 2.45) is 53.3 Å². The molecule has 15 atom stereocenters. The summed E-state index contributed by atoms with van der Waals surface area (Å²) >= 11 is 0. The first-order valence-electron chi connectivity index (χ1n) is 21.8. The molecule has 8 aliphatic rings. The molecule has 1 aromatic carbocycles. The normalized spacial score (nSPS) is 39.9. The molecule has 0 radical (unpaired) electrons. The average molecular weight is 835 g/mol. The van der Waals surface area contributed by atoms with Crippen LogP contribution in [0.4, 0.5) is 4.79 Å². The van der Waals surface area contributed by atoms with Crippen molar-refractivity contribution in [2.75, 3.05) is 33.1 Å². The zero-order chi connectivity index (χ0) is 41.8. The fraction of sp³-hybridized carbons (Fsp3) is 0.841. The van der Waals surface area contributed by atoms with E-state index in [0.717, 1.165) is 44.9 Å². The number of hydrogen-bond acceptors (Lipinski definition) is 12. The van der Waals surface area contributed by atoms with Crippen LogP contribution in [0.15, 0.2) is 29.2 Å². The van der Waals surface area contributed by atoms with Crippen LogP contribution in [0.3, 0.4) is 0 Å². The van der Waals surface area contributed by atoms with Gasteiger partial charge in [-0.05, 0) is 124 Å². The summed E-state index contributed by atoms with van der Waals surface area (Å²) in [4.78, 5) is 37.9. The van der Waals surface area contributed by atoms with Gasteiger partial charge in [-0.25, -0.2) is 32.8 Å². The van der Waals surface area contributed by atoms with Crippen molar-refractivity contribution in [1.29, 1.82) is 0 Å². The summed E-state index contributed by atoms with van der Waals surface area (Å²) < 4.78 is 46.3. The van der Waals surface area contributed by atoms with Crippen LogP contribution in [0, 0.1) is 53.3 Å². The van der Waals surface area contributed by atoms with E-state index in [1.54, 1.807) is 26.2 Å². The van der Waals surface area contributed by atoms with Crippen molar-refractivity contribution in [3.8, 4) is 0 Å². The lowest BCUT2D eigenvalue weighted by atomic mass is 9.58. The highest BCUT2D eigenvalue weighted by Crippen LogP contribution is 2.57. The number of benzene rings is 1. The van der Waals surface area contributed by atoms with Gasteiger partial charge in [-0.1, -0.05) is 52.2 Å².